The van der Waals surface area contributed by atoms with Crippen molar-refractivity contribution in [2.24, 2.45) is 5.92 Å². The highest BCUT2D eigenvalue weighted by atomic mass is 32.2. The molecule has 2 atom stereocenters. The highest BCUT2D eigenvalue weighted by Gasteiger charge is 2.50. The molecule has 2 aromatic heterocycles. The standard InChI is InChI=1S/C29H30F3N7O2S/c30-24-2-1-11-35-26(24)39-17-23(19-3-5-20(6-4-19)38-12-14-42(34,41)15-13-38)25(37-39)22-16-29(31,32)8-7-21(22)27(40)36-28(18-33)9-10-28/h1-6,11,17,21-22,34H,7-10,12-16H2,(H,36,40)/t21-,22-/m1/s1. The molecule has 0 unspecified atom stereocenters. The van der Waals surface area contributed by atoms with Gasteiger partial charge in [-0.25, -0.2) is 27.0 Å². The molecule has 1 saturated heterocycles. The summed E-state index contributed by atoms with van der Waals surface area (Å²) in [5, 5.41) is 16.8. The molecular weight excluding hydrogens is 567 g/mol. The molecule has 3 fully saturated rings. The molecule has 3 aromatic rings. The normalized spacial score (nSPS) is 24.0. The van der Waals surface area contributed by atoms with Gasteiger partial charge in [-0.2, -0.15) is 10.4 Å². The van der Waals surface area contributed by atoms with E-state index in [1.165, 1.54) is 23.0 Å². The molecular formula is C29H30F3N7O2S. The van der Waals surface area contributed by atoms with Crippen molar-refractivity contribution in [1.29, 1.82) is 10.0 Å². The second-order valence-corrected chi connectivity index (χ2v) is 13.9. The number of alkyl halides is 2. The topological polar surface area (TPSA) is 128 Å². The Morgan fingerprint density at radius 2 is 1.86 bits per heavy atom. The van der Waals surface area contributed by atoms with Crippen LogP contribution in [0.3, 0.4) is 0 Å². The van der Waals surface area contributed by atoms with Gasteiger partial charge in [-0.15, -0.1) is 0 Å². The van der Waals surface area contributed by atoms with E-state index in [1.807, 2.05) is 29.2 Å². The summed E-state index contributed by atoms with van der Waals surface area (Å²) in [6, 6.07) is 12.1. The minimum atomic E-state index is -3.03. The maximum atomic E-state index is 14.9. The Balaban J connectivity index is 1.39. The Morgan fingerprint density at radius 3 is 2.50 bits per heavy atom. The zero-order valence-electron chi connectivity index (χ0n) is 22.7. The lowest BCUT2D eigenvalue weighted by Crippen LogP contribution is -2.45. The molecule has 0 bridgehead atoms. The number of hydrogen-bond acceptors (Lipinski definition) is 7. The van der Waals surface area contributed by atoms with E-state index >= 15 is 0 Å². The average Bonchev–Trinajstić information content (AvgIpc) is 3.59. The Morgan fingerprint density at radius 1 is 1.14 bits per heavy atom. The average molecular weight is 598 g/mol. The van der Waals surface area contributed by atoms with Crippen LogP contribution in [0.4, 0.5) is 18.9 Å². The predicted octanol–water partition coefficient (Wildman–Crippen LogP) is 4.63. The molecule has 3 aliphatic rings. The number of benzene rings is 1. The van der Waals surface area contributed by atoms with Crippen molar-refractivity contribution in [2.45, 2.75) is 49.5 Å². The van der Waals surface area contributed by atoms with Gasteiger partial charge in [0.25, 0.3) is 0 Å². The van der Waals surface area contributed by atoms with Crippen LogP contribution in [-0.4, -0.2) is 60.9 Å². The van der Waals surface area contributed by atoms with Crippen LogP contribution >= 0.6 is 0 Å². The van der Waals surface area contributed by atoms with Crippen LogP contribution in [0.5, 0.6) is 0 Å². The third-order valence-electron chi connectivity index (χ3n) is 8.46. The number of rotatable bonds is 6. The largest absolute Gasteiger partial charge is 0.370 e. The highest BCUT2D eigenvalue weighted by Crippen LogP contribution is 2.48. The molecule has 1 aliphatic heterocycles. The van der Waals surface area contributed by atoms with E-state index in [9.17, 15) is 27.4 Å². The smallest absolute Gasteiger partial charge is 0.248 e. The van der Waals surface area contributed by atoms with Gasteiger partial charge >= 0.3 is 0 Å². The number of nitrogens with one attached hydrogen (secondary N) is 2. The lowest BCUT2D eigenvalue weighted by Gasteiger charge is -2.35. The van der Waals surface area contributed by atoms with E-state index in [0.717, 1.165) is 5.69 Å². The summed E-state index contributed by atoms with van der Waals surface area (Å²) in [7, 11) is -2.55. The quantitative estimate of drug-likeness (QED) is 0.427. The Hall–Kier alpha value is -3.92. The highest BCUT2D eigenvalue weighted by molar-refractivity contribution is 7.92. The molecule has 0 spiro atoms. The molecule has 2 aliphatic carbocycles. The fourth-order valence-corrected chi connectivity index (χ4v) is 7.07. The second kappa shape index (κ2) is 10.4. The number of nitriles is 1. The maximum Gasteiger partial charge on any atom is 0.248 e. The van der Waals surface area contributed by atoms with Crippen LogP contribution in [0.2, 0.25) is 0 Å². The Labute approximate surface area is 241 Å². The molecule has 42 heavy (non-hydrogen) atoms. The van der Waals surface area contributed by atoms with E-state index in [4.69, 9.17) is 4.78 Å². The summed E-state index contributed by atoms with van der Waals surface area (Å²) >= 11 is 0. The van der Waals surface area contributed by atoms with Gasteiger partial charge in [-0.3, -0.25) is 9.57 Å². The molecule has 6 rings (SSSR count). The van der Waals surface area contributed by atoms with Crippen LogP contribution in [0.25, 0.3) is 16.9 Å². The van der Waals surface area contributed by atoms with E-state index in [0.29, 0.717) is 37.1 Å². The summed E-state index contributed by atoms with van der Waals surface area (Å²) in [4.78, 5) is 19.5. The Kier molecular flexibility index (Phi) is 7.00. The molecule has 9 nitrogen and oxygen atoms in total. The van der Waals surface area contributed by atoms with Crippen molar-refractivity contribution < 1.29 is 22.2 Å². The Bertz CT molecular complexity index is 1650. The van der Waals surface area contributed by atoms with Crippen LogP contribution in [0.1, 0.15) is 43.7 Å². The number of halogens is 3. The molecule has 2 saturated carbocycles. The maximum absolute atomic E-state index is 14.9. The van der Waals surface area contributed by atoms with Crippen molar-refractivity contribution in [1.82, 2.24) is 20.1 Å². The lowest BCUT2D eigenvalue weighted by atomic mass is 9.74. The number of pyridine rings is 1. The summed E-state index contributed by atoms with van der Waals surface area (Å²) < 4.78 is 65.7. The number of anilines is 1. The van der Waals surface area contributed by atoms with Gasteiger partial charge in [-0.1, -0.05) is 12.1 Å². The summed E-state index contributed by atoms with van der Waals surface area (Å²) in [6.45, 7) is 0.976. The van der Waals surface area contributed by atoms with Crippen molar-refractivity contribution >= 4 is 21.3 Å². The zero-order chi connectivity index (χ0) is 29.7. The molecule has 0 radical (unpaired) electrons. The zero-order valence-corrected chi connectivity index (χ0v) is 23.5. The van der Waals surface area contributed by atoms with Gasteiger partial charge in [0.15, 0.2) is 11.6 Å². The monoisotopic (exact) mass is 597 g/mol. The fraction of sp³-hybridized carbons (Fsp3) is 0.448. The molecule has 1 aromatic carbocycles. The number of aromatic nitrogens is 3. The van der Waals surface area contributed by atoms with Gasteiger partial charge < -0.3 is 10.2 Å². The first-order valence-corrected chi connectivity index (χ1v) is 15.8. The van der Waals surface area contributed by atoms with E-state index < -0.39 is 57.6 Å². The fourth-order valence-electron chi connectivity index (χ4n) is 5.83. The molecule has 220 valence electrons. The van der Waals surface area contributed by atoms with E-state index in [-0.39, 0.29) is 29.4 Å². The minimum Gasteiger partial charge on any atom is -0.370 e. The summed E-state index contributed by atoms with van der Waals surface area (Å²) in [6.07, 6.45) is 2.84. The number of carbonyl (C=O) groups excluding carboxylic acids is 1. The molecule has 3 heterocycles. The first-order valence-electron chi connectivity index (χ1n) is 13.9. The van der Waals surface area contributed by atoms with Crippen LogP contribution in [0.15, 0.2) is 48.8 Å². The molecule has 2 N–H and O–H groups in total. The van der Waals surface area contributed by atoms with E-state index in [2.05, 4.69) is 21.5 Å². The van der Waals surface area contributed by atoms with Crippen LogP contribution < -0.4 is 10.2 Å². The van der Waals surface area contributed by atoms with Crippen molar-refractivity contribution in [3.8, 4) is 23.0 Å². The van der Waals surface area contributed by atoms with E-state index in [1.54, 1.807) is 6.20 Å². The summed E-state index contributed by atoms with van der Waals surface area (Å²) in [5.41, 5.74) is 1.27. The molecule has 13 heteroatoms. The first-order chi connectivity index (χ1) is 20.0. The van der Waals surface area contributed by atoms with Gasteiger partial charge in [-0.05, 0) is 49.1 Å². The second-order valence-electron chi connectivity index (χ2n) is 11.4. The van der Waals surface area contributed by atoms with Crippen LogP contribution in [0, 0.1) is 27.8 Å². The number of amides is 1. The first kappa shape index (κ1) is 28.2. The number of carbonyl (C=O) groups is 1. The SMILES string of the molecule is N#CC1(NC(=O)[C@@H]2CCC(F)(F)C[C@H]2c2nn(-c3ncccc3F)cc2-c2ccc(N3CCS(=N)(=O)CC3)cc2)CC1. The van der Waals surface area contributed by atoms with Crippen LogP contribution in [-0.2, 0) is 14.5 Å². The lowest BCUT2D eigenvalue weighted by molar-refractivity contribution is -0.131. The van der Waals surface area contributed by atoms with Crippen molar-refractivity contribution in [3.63, 3.8) is 0 Å². The van der Waals surface area contributed by atoms with Gasteiger partial charge in [0.05, 0.1) is 11.8 Å². The molecule has 1 amide bonds. The third kappa shape index (κ3) is 5.60. The van der Waals surface area contributed by atoms with Crippen molar-refractivity contribution in [3.05, 3.63) is 60.3 Å². The van der Waals surface area contributed by atoms with Gasteiger partial charge in [0, 0.05) is 82.6 Å². The van der Waals surface area contributed by atoms with Gasteiger partial charge in [0.1, 0.15) is 5.54 Å². The summed E-state index contributed by atoms with van der Waals surface area (Å²) in [5.74, 6) is -5.49. The van der Waals surface area contributed by atoms with Gasteiger partial charge in [0.2, 0.25) is 11.8 Å². The number of hydrogen-bond donors (Lipinski definition) is 2. The predicted molar refractivity (Wildman–Crippen MR) is 150 cm³/mol. The van der Waals surface area contributed by atoms with Crippen molar-refractivity contribution in [2.75, 3.05) is 29.5 Å². The number of nitrogens with zero attached hydrogens (tertiary/aromatic N) is 5. The third-order valence-corrected chi connectivity index (χ3v) is 10.1. The minimum absolute atomic E-state index is 0.0810.